The van der Waals surface area contributed by atoms with E-state index in [9.17, 15) is 15.0 Å². The SMILES string of the molecule is CCCCCCCCCCCCCCCCCC/C=C/CC/C=C/CC/C=C/C(O)C(CO)NC(=O)CCCCCCCCCCCCCCCCCCCCCCCCCCCCCC. The lowest BCUT2D eigenvalue weighted by Crippen LogP contribution is -2.45. The van der Waals surface area contributed by atoms with Gasteiger partial charge in [0.1, 0.15) is 0 Å². The Balaban J connectivity index is 3.50. The molecule has 0 rings (SSSR count). The van der Waals surface area contributed by atoms with Gasteiger partial charge in [-0.1, -0.05) is 320 Å². The van der Waals surface area contributed by atoms with Crippen molar-refractivity contribution in [1.29, 1.82) is 0 Å². The average Bonchev–Trinajstić information content (AvgIpc) is 3.32. The van der Waals surface area contributed by atoms with Gasteiger partial charge in [-0.05, 0) is 44.9 Å². The van der Waals surface area contributed by atoms with Gasteiger partial charge in [-0.25, -0.2) is 0 Å². The van der Waals surface area contributed by atoms with Crippen LogP contribution < -0.4 is 5.32 Å². The topological polar surface area (TPSA) is 69.6 Å². The van der Waals surface area contributed by atoms with Gasteiger partial charge in [-0.3, -0.25) is 4.79 Å². The lowest BCUT2D eigenvalue weighted by atomic mass is 10.0. The van der Waals surface area contributed by atoms with Gasteiger partial charge in [0.15, 0.2) is 0 Å². The molecule has 0 aromatic heterocycles. The Hall–Kier alpha value is -1.39. The number of aliphatic hydroxyl groups excluding tert-OH is 2. The molecule has 1 amide bonds. The molecule has 0 bridgehead atoms. The summed E-state index contributed by atoms with van der Waals surface area (Å²) in [6, 6.07) is -0.644. The largest absolute Gasteiger partial charge is 0.394 e. The summed E-state index contributed by atoms with van der Waals surface area (Å²) >= 11 is 0. The lowest BCUT2D eigenvalue weighted by Gasteiger charge is -2.19. The second-order valence-electron chi connectivity index (χ2n) is 20.8. The van der Waals surface area contributed by atoms with E-state index in [4.69, 9.17) is 0 Å². The van der Waals surface area contributed by atoms with Crippen LogP contribution in [0.3, 0.4) is 0 Å². The number of hydrogen-bond acceptors (Lipinski definition) is 3. The minimum atomic E-state index is -0.869. The number of nitrogens with one attached hydrogen (secondary N) is 1. The quantitative estimate of drug-likeness (QED) is 0.0420. The molecule has 0 radical (unpaired) electrons. The molecule has 0 saturated carbocycles. The van der Waals surface area contributed by atoms with Crippen molar-refractivity contribution in [3.8, 4) is 0 Å². The zero-order chi connectivity index (χ0) is 47.7. The Labute approximate surface area is 414 Å². The molecule has 3 N–H and O–H groups in total. The molecular weight excluding hydrogens is 807 g/mol. The Morgan fingerprint density at radius 3 is 0.879 bits per heavy atom. The van der Waals surface area contributed by atoms with Gasteiger partial charge in [-0.15, -0.1) is 0 Å². The van der Waals surface area contributed by atoms with E-state index in [1.54, 1.807) is 6.08 Å². The maximum absolute atomic E-state index is 12.5. The van der Waals surface area contributed by atoms with Crippen molar-refractivity contribution >= 4 is 5.91 Å². The van der Waals surface area contributed by atoms with E-state index in [-0.39, 0.29) is 12.5 Å². The van der Waals surface area contributed by atoms with Crippen LogP contribution in [-0.2, 0) is 4.79 Å². The second-order valence-corrected chi connectivity index (χ2v) is 20.8. The van der Waals surface area contributed by atoms with Crippen LogP contribution in [0.5, 0.6) is 0 Å². The smallest absolute Gasteiger partial charge is 0.220 e. The number of rotatable bonds is 56. The molecule has 0 heterocycles. The molecule has 4 heteroatoms. The van der Waals surface area contributed by atoms with Crippen LogP contribution in [0.15, 0.2) is 36.5 Å². The summed E-state index contributed by atoms with van der Waals surface area (Å²) in [6.45, 7) is 4.34. The summed E-state index contributed by atoms with van der Waals surface area (Å²) in [7, 11) is 0. The summed E-state index contributed by atoms with van der Waals surface area (Å²) < 4.78 is 0. The summed E-state index contributed by atoms with van der Waals surface area (Å²) in [5, 5.41) is 23.2. The van der Waals surface area contributed by atoms with Gasteiger partial charge in [0.25, 0.3) is 0 Å². The van der Waals surface area contributed by atoms with Crippen molar-refractivity contribution in [2.75, 3.05) is 6.61 Å². The third-order valence-electron chi connectivity index (χ3n) is 14.1. The van der Waals surface area contributed by atoms with Gasteiger partial charge in [0, 0.05) is 6.42 Å². The predicted octanol–water partition coefficient (Wildman–Crippen LogP) is 20.0. The van der Waals surface area contributed by atoms with Gasteiger partial charge >= 0.3 is 0 Å². The number of carbonyl (C=O) groups excluding carboxylic acids is 1. The molecule has 0 fully saturated rings. The lowest BCUT2D eigenvalue weighted by molar-refractivity contribution is -0.123. The van der Waals surface area contributed by atoms with Crippen LogP contribution in [0.4, 0.5) is 0 Å². The van der Waals surface area contributed by atoms with Crippen LogP contribution in [0.2, 0.25) is 0 Å². The molecule has 0 aliphatic carbocycles. The monoisotopic (exact) mass is 926 g/mol. The molecule has 0 aromatic carbocycles. The highest BCUT2D eigenvalue weighted by atomic mass is 16.3. The number of amides is 1. The van der Waals surface area contributed by atoms with Crippen LogP contribution in [0.25, 0.3) is 0 Å². The third kappa shape index (κ3) is 53.6. The molecule has 0 spiro atoms. The standard InChI is InChI=1S/C62H119NO3/c1-3-5-7-9-11-13-15-17-19-21-23-25-27-29-31-32-34-36-38-40-42-44-46-48-50-52-54-56-58-62(66)63-60(59-64)61(65)57-55-53-51-49-47-45-43-41-39-37-35-33-30-28-26-24-22-20-18-16-14-12-10-8-6-4-2/h39,41,47,49,55,57,60-61,64-65H,3-38,40,42-46,48,50-54,56,58-59H2,1-2H3,(H,63,66)/b41-39+,49-47+,57-55+. The number of unbranched alkanes of at least 4 members (excludes halogenated alkanes) is 45. The number of aliphatic hydroxyl groups is 2. The number of allylic oxidation sites excluding steroid dienone is 5. The van der Waals surface area contributed by atoms with Crippen molar-refractivity contribution < 1.29 is 15.0 Å². The van der Waals surface area contributed by atoms with Gasteiger partial charge in [-0.2, -0.15) is 0 Å². The normalized spacial score (nSPS) is 13.0. The first-order valence-electron chi connectivity index (χ1n) is 30.2. The fraction of sp³-hybridized carbons (Fsp3) is 0.887. The van der Waals surface area contributed by atoms with Crippen LogP contribution in [0.1, 0.15) is 335 Å². The molecule has 0 aliphatic rings. The molecule has 0 aromatic rings. The number of carbonyl (C=O) groups is 1. The number of hydrogen-bond donors (Lipinski definition) is 3. The highest BCUT2D eigenvalue weighted by Gasteiger charge is 2.18. The third-order valence-corrected chi connectivity index (χ3v) is 14.1. The molecule has 66 heavy (non-hydrogen) atoms. The molecule has 390 valence electrons. The Bertz CT molecular complexity index is 1010. The van der Waals surface area contributed by atoms with Crippen molar-refractivity contribution in [2.45, 2.75) is 347 Å². The van der Waals surface area contributed by atoms with Crippen LogP contribution >= 0.6 is 0 Å². The zero-order valence-electron chi connectivity index (χ0n) is 45.0. The molecular formula is C62H119NO3. The summed E-state index contributed by atoms with van der Waals surface area (Å²) in [5.74, 6) is -0.0710. The van der Waals surface area contributed by atoms with E-state index >= 15 is 0 Å². The molecule has 0 saturated heterocycles. The molecule has 2 atom stereocenters. The van der Waals surface area contributed by atoms with E-state index in [0.29, 0.717) is 6.42 Å². The van der Waals surface area contributed by atoms with Gasteiger partial charge in [0.2, 0.25) is 5.91 Å². The minimum Gasteiger partial charge on any atom is -0.394 e. The molecule has 0 aliphatic heterocycles. The van der Waals surface area contributed by atoms with Crippen LogP contribution in [0, 0.1) is 0 Å². The van der Waals surface area contributed by atoms with E-state index in [1.807, 2.05) is 6.08 Å². The fourth-order valence-electron chi connectivity index (χ4n) is 9.51. The highest BCUT2D eigenvalue weighted by molar-refractivity contribution is 5.76. The van der Waals surface area contributed by atoms with Crippen LogP contribution in [-0.4, -0.2) is 34.9 Å². The Kier molecular flexibility index (Phi) is 56.7. The average molecular weight is 927 g/mol. The van der Waals surface area contributed by atoms with Crippen molar-refractivity contribution in [1.82, 2.24) is 5.32 Å². The predicted molar refractivity (Wildman–Crippen MR) is 295 cm³/mol. The second kappa shape index (κ2) is 57.9. The summed E-state index contributed by atoms with van der Waals surface area (Å²) in [5.41, 5.74) is 0. The zero-order valence-corrected chi connectivity index (χ0v) is 45.0. The first-order valence-corrected chi connectivity index (χ1v) is 30.2. The first-order chi connectivity index (χ1) is 32.7. The van der Waals surface area contributed by atoms with Crippen molar-refractivity contribution in [3.05, 3.63) is 36.5 Å². The summed E-state index contributed by atoms with van der Waals surface area (Å²) in [4.78, 5) is 12.5. The molecule has 2 unspecified atom stereocenters. The minimum absolute atomic E-state index is 0.0710. The van der Waals surface area contributed by atoms with E-state index in [1.165, 1.54) is 276 Å². The van der Waals surface area contributed by atoms with E-state index < -0.39 is 12.1 Å². The Morgan fingerprint density at radius 1 is 0.348 bits per heavy atom. The maximum Gasteiger partial charge on any atom is 0.220 e. The summed E-state index contributed by atoms with van der Waals surface area (Å²) in [6.07, 6.45) is 79.0. The molecule has 4 nitrogen and oxygen atoms in total. The van der Waals surface area contributed by atoms with Crippen molar-refractivity contribution in [2.24, 2.45) is 0 Å². The van der Waals surface area contributed by atoms with Gasteiger partial charge < -0.3 is 15.5 Å². The van der Waals surface area contributed by atoms with Gasteiger partial charge in [0.05, 0.1) is 18.8 Å². The highest BCUT2D eigenvalue weighted by Crippen LogP contribution is 2.18. The van der Waals surface area contributed by atoms with E-state index in [0.717, 1.165) is 38.5 Å². The maximum atomic E-state index is 12.5. The first kappa shape index (κ1) is 64.6. The fourth-order valence-corrected chi connectivity index (χ4v) is 9.51. The van der Waals surface area contributed by atoms with E-state index in [2.05, 4.69) is 43.5 Å². The van der Waals surface area contributed by atoms with Crippen molar-refractivity contribution in [3.63, 3.8) is 0 Å². The Morgan fingerprint density at radius 2 is 0.591 bits per heavy atom.